The molecule has 0 fully saturated rings. The summed E-state index contributed by atoms with van der Waals surface area (Å²) in [7, 11) is 1.57. The Morgan fingerprint density at radius 3 is 2.88 bits per heavy atom. The molecule has 0 aliphatic heterocycles. The molecule has 0 saturated heterocycles. The minimum Gasteiger partial charge on any atom is -0.493 e. The Bertz CT molecular complexity index is 878. The van der Waals surface area contributed by atoms with E-state index in [-0.39, 0.29) is 12.6 Å². The van der Waals surface area contributed by atoms with E-state index < -0.39 is 0 Å². The van der Waals surface area contributed by atoms with E-state index in [1.54, 1.807) is 25.3 Å². The number of urea groups is 1. The summed E-state index contributed by atoms with van der Waals surface area (Å²) in [6, 6.07) is 10.5. The second-order valence-corrected chi connectivity index (χ2v) is 5.15. The van der Waals surface area contributed by atoms with Crippen molar-refractivity contribution in [2.24, 2.45) is 0 Å². The van der Waals surface area contributed by atoms with Gasteiger partial charge in [0.1, 0.15) is 0 Å². The SMILES string of the molecule is CCOc1cc(NC(=O)NCc2nnc3ccccn23)ccc1OC. The van der Waals surface area contributed by atoms with E-state index in [0.717, 1.165) is 5.65 Å². The number of methoxy groups -OCH3 is 1. The van der Waals surface area contributed by atoms with Crippen LogP contribution in [0.25, 0.3) is 5.65 Å². The first-order valence-corrected chi connectivity index (χ1v) is 7.85. The zero-order valence-electron chi connectivity index (χ0n) is 14.0. The number of ether oxygens (including phenoxy) is 2. The van der Waals surface area contributed by atoms with Crippen LogP contribution in [0, 0.1) is 0 Å². The standard InChI is InChI=1S/C17H19N5O3/c1-3-25-14-10-12(7-8-13(14)24-2)19-17(23)18-11-16-21-20-15-6-4-5-9-22(15)16/h4-10H,3,11H2,1-2H3,(H2,18,19,23). The van der Waals surface area contributed by atoms with Crippen LogP contribution in [0.5, 0.6) is 11.5 Å². The van der Waals surface area contributed by atoms with Gasteiger partial charge < -0.3 is 20.1 Å². The number of carbonyl (C=O) groups is 1. The largest absolute Gasteiger partial charge is 0.493 e. The maximum absolute atomic E-state index is 12.1. The molecule has 130 valence electrons. The summed E-state index contributed by atoms with van der Waals surface area (Å²) in [5.41, 5.74) is 1.34. The normalized spacial score (nSPS) is 10.5. The lowest BCUT2D eigenvalue weighted by Crippen LogP contribution is -2.29. The van der Waals surface area contributed by atoms with Crippen LogP contribution in [0.15, 0.2) is 42.6 Å². The number of benzene rings is 1. The van der Waals surface area contributed by atoms with Crippen molar-refractivity contribution in [3.63, 3.8) is 0 Å². The van der Waals surface area contributed by atoms with Crippen molar-refractivity contribution in [3.8, 4) is 11.5 Å². The lowest BCUT2D eigenvalue weighted by Gasteiger charge is -2.12. The van der Waals surface area contributed by atoms with Crippen molar-refractivity contribution < 1.29 is 14.3 Å². The van der Waals surface area contributed by atoms with Gasteiger partial charge in [-0.1, -0.05) is 6.07 Å². The number of fused-ring (bicyclic) bond motifs is 1. The van der Waals surface area contributed by atoms with Crippen LogP contribution in [0.3, 0.4) is 0 Å². The van der Waals surface area contributed by atoms with Gasteiger partial charge >= 0.3 is 6.03 Å². The molecule has 2 N–H and O–H groups in total. The molecule has 0 unspecified atom stereocenters. The van der Waals surface area contributed by atoms with Crippen LogP contribution in [-0.4, -0.2) is 34.3 Å². The van der Waals surface area contributed by atoms with E-state index >= 15 is 0 Å². The van der Waals surface area contributed by atoms with Crippen molar-refractivity contribution in [2.45, 2.75) is 13.5 Å². The number of anilines is 1. The van der Waals surface area contributed by atoms with Crippen molar-refractivity contribution in [2.75, 3.05) is 19.0 Å². The number of carbonyl (C=O) groups excluding carboxylic acids is 1. The average molecular weight is 341 g/mol. The van der Waals surface area contributed by atoms with Gasteiger partial charge in [0.2, 0.25) is 0 Å². The van der Waals surface area contributed by atoms with Gasteiger partial charge in [-0.2, -0.15) is 0 Å². The molecule has 0 spiro atoms. The first-order chi connectivity index (χ1) is 12.2. The van der Waals surface area contributed by atoms with E-state index in [1.165, 1.54) is 0 Å². The Morgan fingerprint density at radius 2 is 2.08 bits per heavy atom. The van der Waals surface area contributed by atoms with Gasteiger partial charge in [0.05, 0.1) is 20.3 Å². The number of nitrogens with zero attached hydrogens (tertiary/aromatic N) is 3. The van der Waals surface area contributed by atoms with Crippen LogP contribution in [-0.2, 0) is 6.54 Å². The fourth-order valence-electron chi connectivity index (χ4n) is 2.37. The van der Waals surface area contributed by atoms with Gasteiger partial charge in [-0.15, -0.1) is 10.2 Å². The van der Waals surface area contributed by atoms with Crippen LogP contribution >= 0.6 is 0 Å². The predicted octanol–water partition coefficient (Wildman–Crippen LogP) is 2.46. The number of rotatable bonds is 6. The highest BCUT2D eigenvalue weighted by atomic mass is 16.5. The molecule has 8 heteroatoms. The summed E-state index contributed by atoms with van der Waals surface area (Å²) in [5, 5.41) is 13.6. The molecule has 1 aromatic carbocycles. The van der Waals surface area contributed by atoms with Crippen LogP contribution in [0.2, 0.25) is 0 Å². The van der Waals surface area contributed by atoms with Crippen molar-refractivity contribution >= 4 is 17.4 Å². The van der Waals surface area contributed by atoms with E-state index in [1.807, 2.05) is 35.7 Å². The molecule has 3 aromatic rings. The lowest BCUT2D eigenvalue weighted by molar-refractivity contribution is 0.251. The molecule has 2 aromatic heterocycles. The number of nitrogens with one attached hydrogen (secondary N) is 2. The van der Waals surface area contributed by atoms with Crippen molar-refractivity contribution in [1.82, 2.24) is 19.9 Å². The molecule has 2 heterocycles. The summed E-state index contributed by atoms with van der Waals surface area (Å²) in [6.45, 7) is 2.65. The molecule has 2 amide bonds. The predicted molar refractivity (Wildman–Crippen MR) is 93.0 cm³/mol. The van der Waals surface area contributed by atoms with Crippen LogP contribution < -0.4 is 20.1 Å². The number of amides is 2. The zero-order chi connectivity index (χ0) is 17.6. The molecule has 0 atom stereocenters. The van der Waals surface area contributed by atoms with Gasteiger partial charge in [0.25, 0.3) is 0 Å². The topological polar surface area (TPSA) is 89.8 Å². The molecule has 3 rings (SSSR count). The smallest absolute Gasteiger partial charge is 0.319 e. The molecule has 8 nitrogen and oxygen atoms in total. The molecule has 0 aliphatic rings. The third-order valence-corrected chi connectivity index (χ3v) is 3.51. The molecule has 0 saturated carbocycles. The highest BCUT2D eigenvalue weighted by Crippen LogP contribution is 2.30. The van der Waals surface area contributed by atoms with Gasteiger partial charge in [-0.05, 0) is 31.2 Å². The van der Waals surface area contributed by atoms with Gasteiger partial charge in [-0.25, -0.2) is 4.79 Å². The molecule has 0 aliphatic carbocycles. The summed E-state index contributed by atoms with van der Waals surface area (Å²) in [5.74, 6) is 1.84. The number of hydrogen-bond acceptors (Lipinski definition) is 5. The first-order valence-electron chi connectivity index (χ1n) is 7.85. The number of hydrogen-bond donors (Lipinski definition) is 2. The molecule has 0 bridgehead atoms. The monoisotopic (exact) mass is 341 g/mol. The minimum absolute atomic E-state index is 0.255. The third-order valence-electron chi connectivity index (χ3n) is 3.51. The Hall–Kier alpha value is -3.29. The second kappa shape index (κ2) is 7.52. The Kier molecular flexibility index (Phi) is 4.98. The average Bonchev–Trinajstić information content (AvgIpc) is 3.04. The van der Waals surface area contributed by atoms with Crippen molar-refractivity contribution in [1.29, 1.82) is 0 Å². The molecular formula is C17H19N5O3. The minimum atomic E-state index is -0.347. The van der Waals surface area contributed by atoms with Gasteiger partial charge in [0.15, 0.2) is 23.0 Å². The van der Waals surface area contributed by atoms with E-state index in [4.69, 9.17) is 9.47 Å². The molecular weight excluding hydrogens is 322 g/mol. The maximum atomic E-state index is 12.1. The summed E-state index contributed by atoms with van der Waals surface area (Å²) < 4.78 is 12.5. The summed E-state index contributed by atoms with van der Waals surface area (Å²) >= 11 is 0. The molecule has 0 radical (unpaired) electrons. The number of aromatic nitrogens is 3. The third kappa shape index (κ3) is 3.79. The second-order valence-electron chi connectivity index (χ2n) is 5.15. The highest BCUT2D eigenvalue weighted by Gasteiger charge is 2.09. The molecule has 25 heavy (non-hydrogen) atoms. The summed E-state index contributed by atoms with van der Waals surface area (Å²) in [4.78, 5) is 12.1. The summed E-state index contributed by atoms with van der Waals surface area (Å²) in [6.07, 6.45) is 1.85. The zero-order valence-corrected chi connectivity index (χ0v) is 14.0. The fourth-order valence-corrected chi connectivity index (χ4v) is 2.37. The van der Waals surface area contributed by atoms with E-state index in [9.17, 15) is 4.79 Å². The van der Waals surface area contributed by atoms with Crippen LogP contribution in [0.4, 0.5) is 10.5 Å². The van der Waals surface area contributed by atoms with E-state index in [0.29, 0.717) is 29.6 Å². The Balaban J connectivity index is 1.63. The quantitative estimate of drug-likeness (QED) is 0.719. The maximum Gasteiger partial charge on any atom is 0.319 e. The van der Waals surface area contributed by atoms with Gasteiger partial charge in [-0.3, -0.25) is 4.40 Å². The number of pyridine rings is 1. The van der Waals surface area contributed by atoms with E-state index in [2.05, 4.69) is 20.8 Å². The first kappa shape index (κ1) is 16.6. The van der Waals surface area contributed by atoms with Crippen LogP contribution in [0.1, 0.15) is 12.7 Å². The van der Waals surface area contributed by atoms with Crippen molar-refractivity contribution in [3.05, 3.63) is 48.4 Å². The highest BCUT2D eigenvalue weighted by molar-refractivity contribution is 5.89. The lowest BCUT2D eigenvalue weighted by atomic mass is 10.2. The fraction of sp³-hybridized carbons (Fsp3) is 0.235. The van der Waals surface area contributed by atoms with Gasteiger partial charge in [0, 0.05) is 18.0 Å². The Morgan fingerprint density at radius 1 is 1.20 bits per heavy atom. The Labute approximate surface area is 144 Å².